The molecule has 0 aliphatic carbocycles. The highest BCUT2D eigenvalue weighted by atomic mass is 32.2. The van der Waals surface area contributed by atoms with E-state index in [4.69, 9.17) is 0 Å². The van der Waals surface area contributed by atoms with Gasteiger partial charge in [-0.3, -0.25) is 9.59 Å². The van der Waals surface area contributed by atoms with Crippen molar-refractivity contribution in [1.82, 2.24) is 0 Å². The number of carbonyl (C=O) groups excluding carboxylic acids is 2. The average Bonchev–Trinajstić information content (AvgIpc) is 2.85. The molecule has 152 valence electrons. The second-order valence-corrected chi connectivity index (χ2v) is 8.31. The van der Waals surface area contributed by atoms with Crippen molar-refractivity contribution >= 4 is 34.8 Å². The third-order valence-corrected chi connectivity index (χ3v) is 5.15. The Hall–Kier alpha value is -2.74. The van der Waals surface area contributed by atoms with Crippen LogP contribution in [0, 0.1) is 6.92 Å². The molecule has 8 heteroatoms. The standard InChI is InChI=1S/C21H18F3NO3S/c1-12(2)29-18-17(14-6-4-13(3)5-7-14)19(26)25(20(18)27)15-8-10-16(11-9-15)28-21(22,23)24/h4-12H,1-3H3. The average molecular weight is 421 g/mol. The van der Waals surface area contributed by atoms with Crippen LogP contribution in [-0.2, 0) is 9.59 Å². The van der Waals surface area contributed by atoms with Gasteiger partial charge < -0.3 is 4.74 Å². The fourth-order valence-electron chi connectivity index (χ4n) is 2.86. The van der Waals surface area contributed by atoms with Crippen molar-refractivity contribution in [2.45, 2.75) is 32.4 Å². The predicted octanol–water partition coefficient (Wildman–Crippen LogP) is 5.32. The van der Waals surface area contributed by atoms with E-state index in [2.05, 4.69) is 4.74 Å². The molecular formula is C21H18F3NO3S. The van der Waals surface area contributed by atoms with E-state index in [0.717, 1.165) is 22.6 Å². The first kappa shape index (κ1) is 21.0. The maximum atomic E-state index is 13.1. The molecule has 29 heavy (non-hydrogen) atoms. The second-order valence-electron chi connectivity index (χ2n) is 6.72. The summed E-state index contributed by atoms with van der Waals surface area (Å²) in [5.74, 6) is -1.43. The van der Waals surface area contributed by atoms with Crippen molar-refractivity contribution in [1.29, 1.82) is 0 Å². The highest BCUT2D eigenvalue weighted by Gasteiger charge is 2.40. The molecule has 0 radical (unpaired) electrons. The molecule has 0 spiro atoms. The Kier molecular flexibility index (Phi) is 5.75. The first-order valence-electron chi connectivity index (χ1n) is 8.79. The fraction of sp³-hybridized carbons (Fsp3) is 0.238. The number of hydrogen-bond acceptors (Lipinski definition) is 4. The van der Waals surface area contributed by atoms with Crippen LogP contribution in [0.1, 0.15) is 25.0 Å². The first-order valence-corrected chi connectivity index (χ1v) is 9.67. The van der Waals surface area contributed by atoms with Crippen molar-refractivity contribution in [3.63, 3.8) is 0 Å². The van der Waals surface area contributed by atoms with Gasteiger partial charge in [0.05, 0.1) is 16.2 Å². The van der Waals surface area contributed by atoms with E-state index < -0.39 is 23.9 Å². The fourth-order valence-corrected chi connectivity index (χ4v) is 3.85. The number of amides is 2. The zero-order valence-electron chi connectivity index (χ0n) is 15.9. The molecule has 0 saturated carbocycles. The predicted molar refractivity (Wildman–Crippen MR) is 106 cm³/mol. The summed E-state index contributed by atoms with van der Waals surface area (Å²) in [5.41, 5.74) is 2.11. The number of alkyl halides is 3. The van der Waals surface area contributed by atoms with Crippen LogP contribution < -0.4 is 9.64 Å². The van der Waals surface area contributed by atoms with Crippen LogP contribution in [0.15, 0.2) is 53.4 Å². The van der Waals surface area contributed by atoms with E-state index in [0.29, 0.717) is 16.0 Å². The lowest BCUT2D eigenvalue weighted by molar-refractivity contribution is -0.274. The monoisotopic (exact) mass is 421 g/mol. The zero-order chi connectivity index (χ0) is 21.3. The number of benzene rings is 2. The van der Waals surface area contributed by atoms with Crippen LogP contribution in [0.4, 0.5) is 18.9 Å². The highest BCUT2D eigenvalue weighted by Crippen LogP contribution is 2.40. The van der Waals surface area contributed by atoms with Crippen molar-refractivity contribution in [3.05, 3.63) is 64.6 Å². The Balaban J connectivity index is 1.98. The normalized spacial score (nSPS) is 14.9. The number of halogens is 3. The Bertz CT molecular complexity index is 964. The molecule has 4 nitrogen and oxygen atoms in total. The van der Waals surface area contributed by atoms with Crippen molar-refractivity contribution in [2.75, 3.05) is 4.90 Å². The molecule has 1 aliphatic heterocycles. The number of rotatable bonds is 5. The van der Waals surface area contributed by atoms with Gasteiger partial charge in [-0.25, -0.2) is 4.90 Å². The Labute approximate surface area is 170 Å². The van der Waals surface area contributed by atoms with Gasteiger partial charge in [-0.1, -0.05) is 43.7 Å². The van der Waals surface area contributed by atoms with Crippen molar-refractivity contribution < 1.29 is 27.5 Å². The maximum Gasteiger partial charge on any atom is 0.573 e. The first-order chi connectivity index (χ1) is 13.6. The topological polar surface area (TPSA) is 46.6 Å². The molecule has 2 aromatic rings. The number of thioether (sulfide) groups is 1. The van der Waals surface area contributed by atoms with Gasteiger partial charge >= 0.3 is 6.36 Å². The number of anilines is 1. The number of ether oxygens (including phenoxy) is 1. The molecule has 0 saturated heterocycles. The van der Waals surface area contributed by atoms with Gasteiger partial charge in [-0.15, -0.1) is 24.9 Å². The Morgan fingerprint density at radius 2 is 1.52 bits per heavy atom. The minimum atomic E-state index is -4.82. The highest BCUT2D eigenvalue weighted by molar-refractivity contribution is 8.04. The van der Waals surface area contributed by atoms with Gasteiger partial charge in [-0.05, 0) is 36.8 Å². The summed E-state index contributed by atoms with van der Waals surface area (Å²) >= 11 is 1.28. The van der Waals surface area contributed by atoms with Gasteiger partial charge in [0.2, 0.25) is 0 Å². The van der Waals surface area contributed by atoms with E-state index in [1.807, 2.05) is 32.9 Å². The summed E-state index contributed by atoms with van der Waals surface area (Å²) in [5, 5.41) is 0.0599. The van der Waals surface area contributed by atoms with Crippen LogP contribution in [0.3, 0.4) is 0 Å². The van der Waals surface area contributed by atoms with E-state index >= 15 is 0 Å². The number of nitrogens with zero attached hydrogens (tertiary/aromatic N) is 1. The summed E-state index contributed by atoms with van der Waals surface area (Å²) in [6.45, 7) is 5.74. The minimum Gasteiger partial charge on any atom is -0.406 e. The van der Waals surface area contributed by atoms with E-state index in [1.165, 1.54) is 23.9 Å². The lowest BCUT2D eigenvalue weighted by Crippen LogP contribution is -2.31. The molecule has 2 aromatic carbocycles. The Morgan fingerprint density at radius 3 is 2.03 bits per heavy atom. The molecular weight excluding hydrogens is 403 g/mol. The third-order valence-electron chi connectivity index (χ3n) is 4.06. The van der Waals surface area contributed by atoms with Gasteiger partial charge in [0.1, 0.15) is 5.75 Å². The van der Waals surface area contributed by atoms with Gasteiger partial charge in [-0.2, -0.15) is 0 Å². The molecule has 0 fully saturated rings. The summed E-state index contributed by atoms with van der Waals surface area (Å²) in [6.07, 6.45) is -4.82. The maximum absolute atomic E-state index is 13.1. The molecule has 3 rings (SSSR count). The zero-order valence-corrected chi connectivity index (χ0v) is 16.7. The number of hydrogen-bond donors (Lipinski definition) is 0. The van der Waals surface area contributed by atoms with Crippen LogP contribution in [0.25, 0.3) is 5.57 Å². The number of carbonyl (C=O) groups is 2. The van der Waals surface area contributed by atoms with Crippen LogP contribution in [-0.4, -0.2) is 23.4 Å². The van der Waals surface area contributed by atoms with Crippen LogP contribution in [0.2, 0.25) is 0 Å². The molecule has 0 atom stereocenters. The number of imide groups is 1. The number of aryl methyl sites for hydroxylation is 1. The van der Waals surface area contributed by atoms with Crippen LogP contribution >= 0.6 is 11.8 Å². The van der Waals surface area contributed by atoms with E-state index in [1.54, 1.807) is 12.1 Å². The van der Waals surface area contributed by atoms with Gasteiger partial charge in [0.25, 0.3) is 11.8 Å². The lowest BCUT2D eigenvalue weighted by Gasteiger charge is -2.16. The Morgan fingerprint density at radius 1 is 0.931 bits per heavy atom. The molecule has 0 N–H and O–H groups in total. The minimum absolute atomic E-state index is 0.0599. The van der Waals surface area contributed by atoms with E-state index in [9.17, 15) is 22.8 Å². The SMILES string of the molecule is Cc1ccc(C2=C(SC(C)C)C(=O)N(c3ccc(OC(F)(F)F)cc3)C2=O)cc1. The molecule has 0 bridgehead atoms. The quantitative estimate of drug-likeness (QED) is 0.613. The largest absolute Gasteiger partial charge is 0.573 e. The summed E-state index contributed by atoms with van der Waals surface area (Å²) in [7, 11) is 0. The molecule has 0 unspecified atom stereocenters. The summed E-state index contributed by atoms with van der Waals surface area (Å²) in [4.78, 5) is 27.5. The molecule has 1 aliphatic rings. The second kappa shape index (κ2) is 7.94. The van der Waals surface area contributed by atoms with Crippen molar-refractivity contribution in [3.8, 4) is 5.75 Å². The van der Waals surface area contributed by atoms with Gasteiger partial charge in [0.15, 0.2) is 0 Å². The van der Waals surface area contributed by atoms with E-state index in [-0.39, 0.29) is 10.9 Å². The van der Waals surface area contributed by atoms with Crippen LogP contribution in [0.5, 0.6) is 5.75 Å². The molecule has 1 heterocycles. The third kappa shape index (κ3) is 4.64. The lowest BCUT2D eigenvalue weighted by atomic mass is 10.0. The summed E-state index contributed by atoms with van der Waals surface area (Å²) in [6, 6.07) is 11.9. The van der Waals surface area contributed by atoms with Gasteiger partial charge in [0, 0.05) is 5.25 Å². The summed E-state index contributed by atoms with van der Waals surface area (Å²) < 4.78 is 40.9. The smallest absolute Gasteiger partial charge is 0.406 e. The molecule has 2 amide bonds. The molecule has 0 aromatic heterocycles. The van der Waals surface area contributed by atoms with Crippen molar-refractivity contribution in [2.24, 2.45) is 0 Å².